The fraction of sp³-hybridized carbons (Fsp3) is 0.238. The number of hydrogen-bond donors (Lipinski definition) is 2. The molecule has 0 amide bonds. The summed E-state index contributed by atoms with van der Waals surface area (Å²) in [6.45, 7) is 1.82. The van der Waals surface area contributed by atoms with Crippen LogP contribution < -0.4 is 15.4 Å². The molecule has 7 nitrogen and oxygen atoms in total. The highest BCUT2D eigenvalue weighted by molar-refractivity contribution is 5.60. The fourth-order valence-corrected chi connectivity index (χ4v) is 3.10. The number of nitriles is 1. The fourth-order valence-electron chi connectivity index (χ4n) is 3.10. The van der Waals surface area contributed by atoms with Crippen molar-refractivity contribution in [3.05, 3.63) is 60.6 Å². The quantitative estimate of drug-likeness (QED) is 0.685. The number of ether oxygens (including phenoxy) is 1. The van der Waals surface area contributed by atoms with Gasteiger partial charge in [0.25, 0.3) is 0 Å². The summed E-state index contributed by atoms with van der Waals surface area (Å²) >= 11 is 0. The Hall–Kier alpha value is -3.50. The van der Waals surface area contributed by atoms with Gasteiger partial charge in [-0.1, -0.05) is 6.07 Å². The minimum atomic E-state index is 0.418. The van der Waals surface area contributed by atoms with Gasteiger partial charge in [0.1, 0.15) is 11.4 Å². The summed E-state index contributed by atoms with van der Waals surface area (Å²) in [5.41, 5.74) is 2.05. The molecule has 7 heteroatoms. The van der Waals surface area contributed by atoms with E-state index in [9.17, 15) is 0 Å². The van der Waals surface area contributed by atoms with Gasteiger partial charge in [-0.3, -0.25) is 4.98 Å². The van der Waals surface area contributed by atoms with Crippen LogP contribution in [0, 0.1) is 11.3 Å². The summed E-state index contributed by atoms with van der Waals surface area (Å²) in [6.07, 6.45) is 7.48. The van der Waals surface area contributed by atoms with E-state index in [1.165, 1.54) is 6.42 Å². The first-order valence-corrected chi connectivity index (χ1v) is 9.24. The first-order valence-electron chi connectivity index (χ1n) is 9.24. The summed E-state index contributed by atoms with van der Waals surface area (Å²) in [6, 6.07) is 13.3. The highest BCUT2D eigenvalue weighted by Gasteiger charge is 2.16. The minimum Gasteiger partial charge on any atom is -0.437 e. The van der Waals surface area contributed by atoms with Gasteiger partial charge in [-0.15, -0.1) is 0 Å². The molecule has 28 heavy (non-hydrogen) atoms. The molecule has 1 aromatic carbocycles. The number of rotatable bonds is 6. The molecule has 0 saturated carbocycles. The number of nitrogens with one attached hydrogen (secondary N) is 2. The molecule has 1 atom stereocenters. The third-order valence-electron chi connectivity index (χ3n) is 4.55. The van der Waals surface area contributed by atoms with E-state index in [1.54, 1.807) is 42.9 Å². The van der Waals surface area contributed by atoms with Gasteiger partial charge < -0.3 is 15.4 Å². The predicted molar refractivity (Wildman–Crippen MR) is 106 cm³/mol. The predicted octanol–water partition coefficient (Wildman–Crippen LogP) is 3.37. The lowest BCUT2D eigenvalue weighted by atomic mass is 10.2. The molecule has 3 heterocycles. The van der Waals surface area contributed by atoms with E-state index < -0.39 is 0 Å². The molecule has 0 bridgehead atoms. The van der Waals surface area contributed by atoms with E-state index in [4.69, 9.17) is 10.00 Å². The van der Waals surface area contributed by atoms with Gasteiger partial charge in [0, 0.05) is 30.5 Å². The Labute approximate surface area is 163 Å². The third kappa shape index (κ3) is 4.24. The molecule has 3 aromatic rings. The second-order valence-corrected chi connectivity index (χ2v) is 6.57. The summed E-state index contributed by atoms with van der Waals surface area (Å²) < 4.78 is 6.02. The molecule has 1 fully saturated rings. The number of aromatic nitrogens is 3. The Morgan fingerprint density at radius 2 is 2.21 bits per heavy atom. The van der Waals surface area contributed by atoms with Gasteiger partial charge in [0.2, 0.25) is 5.88 Å². The molecule has 140 valence electrons. The lowest BCUT2D eigenvalue weighted by Crippen LogP contribution is -2.29. The molecule has 1 aliphatic rings. The molecule has 1 saturated heterocycles. The van der Waals surface area contributed by atoms with Crippen molar-refractivity contribution in [3.8, 4) is 29.1 Å². The molecule has 0 radical (unpaired) electrons. The van der Waals surface area contributed by atoms with Crippen LogP contribution in [0.2, 0.25) is 0 Å². The van der Waals surface area contributed by atoms with Crippen molar-refractivity contribution in [2.24, 2.45) is 0 Å². The summed E-state index contributed by atoms with van der Waals surface area (Å²) in [5, 5.41) is 16.0. The van der Waals surface area contributed by atoms with Crippen molar-refractivity contribution in [2.75, 3.05) is 18.4 Å². The van der Waals surface area contributed by atoms with Crippen LogP contribution in [0.4, 0.5) is 5.69 Å². The van der Waals surface area contributed by atoms with Crippen LogP contribution in [0.3, 0.4) is 0 Å². The van der Waals surface area contributed by atoms with E-state index in [0.29, 0.717) is 34.7 Å². The van der Waals surface area contributed by atoms with Crippen LogP contribution in [0.1, 0.15) is 18.4 Å². The first-order chi connectivity index (χ1) is 13.8. The zero-order valence-electron chi connectivity index (χ0n) is 15.3. The van der Waals surface area contributed by atoms with Crippen molar-refractivity contribution in [1.82, 2.24) is 20.3 Å². The smallest absolute Gasteiger partial charge is 0.246 e. The maximum atomic E-state index is 9.12. The Kier molecular flexibility index (Phi) is 5.41. The molecule has 1 unspecified atom stereocenters. The zero-order chi connectivity index (χ0) is 19.2. The minimum absolute atomic E-state index is 0.418. The van der Waals surface area contributed by atoms with Crippen molar-refractivity contribution >= 4 is 5.69 Å². The summed E-state index contributed by atoms with van der Waals surface area (Å²) in [4.78, 5) is 13.2. The average molecular weight is 372 g/mol. The largest absolute Gasteiger partial charge is 0.437 e. The SMILES string of the molecule is N#Cc1cccc(Oc2nc(-c3cccnc3)ncc2NCC2CCCN2)c1. The van der Waals surface area contributed by atoms with Crippen molar-refractivity contribution in [1.29, 1.82) is 5.26 Å². The van der Waals surface area contributed by atoms with Crippen molar-refractivity contribution < 1.29 is 4.74 Å². The lowest BCUT2D eigenvalue weighted by Gasteiger charge is -2.16. The average Bonchev–Trinajstić information content (AvgIpc) is 3.27. The number of benzene rings is 1. The maximum Gasteiger partial charge on any atom is 0.246 e. The number of anilines is 1. The Balaban J connectivity index is 1.63. The molecule has 2 aromatic heterocycles. The van der Waals surface area contributed by atoms with E-state index in [2.05, 4.69) is 31.7 Å². The summed E-state index contributed by atoms with van der Waals surface area (Å²) in [5.74, 6) is 1.50. The molecule has 0 aliphatic carbocycles. The van der Waals surface area contributed by atoms with Crippen LogP contribution >= 0.6 is 0 Å². The van der Waals surface area contributed by atoms with E-state index in [-0.39, 0.29) is 0 Å². The van der Waals surface area contributed by atoms with Crippen LogP contribution in [0.25, 0.3) is 11.4 Å². The molecule has 2 N–H and O–H groups in total. The van der Waals surface area contributed by atoms with Gasteiger partial charge in [-0.2, -0.15) is 10.2 Å². The van der Waals surface area contributed by atoms with E-state index in [0.717, 1.165) is 25.1 Å². The molecule has 4 rings (SSSR count). The topological polar surface area (TPSA) is 95.8 Å². The highest BCUT2D eigenvalue weighted by Crippen LogP contribution is 2.29. The second-order valence-electron chi connectivity index (χ2n) is 6.57. The van der Waals surface area contributed by atoms with Crippen LogP contribution in [-0.2, 0) is 0 Å². The number of hydrogen-bond acceptors (Lipinski definition) is 7. The van der Waals surface area contributed by atoms with Gasteiger partial charge in [0.05, 0.1) is 17.8 Å². The molecular weight excluding hydrogens is 352 g/mol. The van der Waals surface area contributed by atoms with E-state index >= 15 is 0 Å². The Bertz CT molecular complexity index is 980. The van der Waals surface area contributed by atoms with Gasteiger partial charge in [-0.05, 0) is 49.7 Å². The number of nitrogens with zero attached hydrogens (tertiary/aromatic N) is 4. The normalized spacial score (nSPS) is 15.8. The van der Waals surface area contributed by atoms with Crippen LogP contribution in [0.5, 0.6) is 11.6 Å². The Morgan fingerprint density at radius 3 is 3.00 bits per heavy atom. The van der Waals surface area contributed by atoms with Crippen LogP contribution in [-0.4, -0.2) is 34.1 Å². The molecular formula is C21H20N6O. The maximum absolute atomic E-state index is 9.12. The molecule has 0 spiro atoms. The highest BCUT2D eigenvalue weighted by atomic mass is 16.5. The lowest BCUT2D eigenvalue weighted by molar-refractivity contribution is 0.463. The van der Waals surface area contributed by atoms with Gasteiger partial charge in [0.15, 0.2) is 5.82 Å². The standard InChI is InChI=1S/C21H20N6O/c22-11-15-4-1-7-18(10-15)28-21-19(25-13-17-6-3-9-24-17)14-26-20(27-21)16-5-2-8-23-12-16/h1-2,4-5,7-8,10,12,14,17,24-25H,3,6,9,13H2. The Morgan fingerprint density at radius 1 is 1.25 bits per heavy atom. The first kappa shape index (κ1) is 17.9. The van der Waals surface area contributed by atoms with E-state index in [1.807, 2.05) is 12.1 Å². The number of pyridine rings is 1. The van der Waals surface area contributed by atoms with Crippen LogP contribution in [0.15, 0.2) is 55.0 Å². The summed E-state index contributed by atoms with van der Waals surface area (Å²) in [7, 11) is 0. The van der Waals surface area contributed by atoms with Gasteiger partial charge >= 0.3 is 0 Å². The molecule has 1 aliphatic heterocycles. The monoisotopic (exact) mass is 372 g/mol. The van der Waals surface area contributed by atoms with Crippen molar-refractivity contribution in [2.45, 2.75) is 18.9 Å². The zero-order valence-corrected chi connectivity index (χ0v) is 15.3. The third-order valence-corrected chi connectivity index (χ3v) is 4.55. The van der Waals surface area contributed by atoms with Crippen molar-refractivity contribution in [3.63, 3.8) is 0 Å². The van der Waals surface area contributed by atoms with Gasteiger partial charge in [-0.25, -0.2) is 4.98 Å². The second kappa shape index (κ2) is 8.46.